The maximum atomic E-state index is 10.7. The van der Waals surface area contributed by atoms with E-state index in [1.165, 1.54) is 66.7 Å². The van der Waals surface area contributed by atoms with Crippen LogP contribution in [0, 0.1) is 12.3 Å². The Labute approximate surface area is 265 Å². The molecule has 3 heterocycles. The van der Waals surface area contributed by atoms with E-state index >= 15 is 0 Å². The third-order valence-electron chi connectivity index (χ3n) is 7.58. The summed E-state index contributed by atoms with van der Waals surface area (Å²) in [7, 11) is 0. The number of hydrogen-bond acceptors (Lipinski definition) is 9. The summed E-state index contributed by atoms with van der Waals surface area (Å²) >= 11 is 4.52. The zero-order chi connectivity index (χ0) is 30.0. The molecule has 1 aliphatic heterocycles. The van der Waals surface area contributed by atoms with Crippen molar-refractivity contribution in [2.45, 2.75) is 56.9 Å². The molecule has 0 unspecified atom stereocenters. The molecule has 2 aromatic heterocycles. The molecule has 0 N–H and O–H groups in total. The van der Waals surface area contributed by atoms with E-state index in [0.717, 1.165) is 29.8 Å². The molecule has 0 radical (unpaired) electrons. The highest BCUT2D eigenvalue weighted by atomic mass is 32.2. The lowest BCUT2D eigenvalue weighted by molar-refractivity contribution is -0.728. The van der Waals surface area contributed by atoms with Gasteiger partial charge in [-0.3, -0.25) is 0 Å². The second kappa shape index (κ2) is 12.8. The SMILES string of the molecule is CCN1/C(=C/C2=CC(=C/c3cc[n+](CCO[O-])c4ccc(C)cc34)/CC(C)(C)C2)Sc2ccc(SOc3nncs3)cc21. The number of allylic oxidation sites excluding steroid dienone is 4. The Balaban J connectivity index is 1.30. The molecule has 7 nitrogen and oxygen atoms in total. The molecule has 2 aliphatic rings. The summed E-state index contributed by atoms with van der Waals surface area (Å²) in [6.07, 6.45) is 11.2. The first-order chi connectivity index (χ1) is 20.8. The van der Waals surface area contributed by atoms with Crippen LogP contribution in [-0.2, 0) is 11.4 Å². The predicted octanol–water partition coefficient (Wildman–Crippen LogP) is 7.27. The van der Waals surface area contributed by atoms with E-state index in [0.29, 0.717) is 11.7 Å². The molecule has 0 spiro atoms. The lowest BCUT2D eigenvalue weighted by Gasteiger charge is -2.31. The van der Waals surface area contributed by atoms with Gasteiger partial charge in [-0.2, -0.15) is 4.57 Å². The zero-order valence-corrected chi connectivity index (χ0v) is 27.2. The van der Waals surface area contributed by atoms with Crippen LogP contribution < -0.4 is 18.9 Å². The molecule has 10 heteroatoms. The summed E-state index contributed by atoms with van der Waals surface area (Å²) in [5.41, 5.74) is 9.17. The molecule has 2 aromatic carbocycles. The van der Waals surface area contributed by atoms with E-state index in [1.807, 2.05) is 11.8 Å². The van der Waals surface area contributed by atoms with Crippen LogP contribution in [0.2, 0.25) is 0 Å². The maximum absolute atomic E-state index is 10.7. The van der Waals surface area contributed by atoms with Crippen molar-refractivity contribution in [1.29, 1.82) is 0 Å². The smallest absolute Gasteiger partial charge is 0.306 e. The van der Waals surface area contributed by atoms with Crippen molar-refractivity contribution in [1.82, 2.24) is 10.2 Å². The molecular weight excluding hydrogens is 597 g/mol. The molecule has 0 atom stereocenters. The van der Waals surface area contributed by atoms with Gasteiger partial charge in [-0.15, -0.1) is 5.10 Å². The second-order valence-electron chi connectivity index (χ2n) is 11.6. The van der Waals surface area contributed by atoms with Crippen molar-refractivity contribution in [3.8, 4) is 5.19 Å². The number of pyridine rings is 1. The highest BCUT2D eigenvalue weighted by Crippen LogP contribution is 2.49. The first-order valence-corrected chi connectivity index (χ1v) is 16.8. The topological polar surface area (TPSA) is 74.4 Å². The molecule has 0 bridgehead atoms. The number of aromatic nitrogens is 3. The van der Waals surface area contributed by atoms with E-state index in [9.17, 15) is 5.26 Å². The maximum Gasteiger partial charge on any atom is 0.306 e. The summed E-state index contributed by atoms with van der Waals surface area (Å²) in [5, 5.41) is 21.5. The van der Waals surface area contributed by atoms with Gasteiger partial charge in [-0.1, -0.05) is 65.8 Å². The Hall–Kier alpha value is -3.15. The number of thioether (sulfide) groups is 1. The van der Waals surface area contributed by atoms with Crippen LogP contribution in [0.5, 0.6) is 5.19 Å². The molecule has 222 valence electrons. The van der Waals surface area contributed by atoms with Crippen molar-refractivity contribution in [3.05, 3.63) is 93.6 Å². The molecule has 0 fully saturated rings. The molecule has 43 heavy (non-hydrogen) atoms. The molecule has 4 aromatic rings. The number of benzene rings is 2. The fourth-order valence-corrected chi connectivity index (χ4v) is 8.03. The summed E-state index contributed by atoms with van der Waals surface area (Å²) in [6, 6.07) is 15.1. The van der Waals surface area contributed by atoms with Crippen LogP contribution >= 0.6 is 35.1 Å². The first kappa shape index (κ1) is 29.9. The highest BCUT2D eigenvalue weighted by Gasteiger charge is 2.29. The van der Waals surface area contributed by atoms with Crippen molar-refractivity contribution in [2.24, 2.45) is 5.41 Å². The fourth-order valence-electron chi connectivity index (χ4n) is 5.83. The summed E-state index contributed by atoms with van der Waals surface area (Å²) in [4.78, 5) is 8.79. The van der Waals surface area contributed by atoms with Crippen LogP contribution in [-0.4, -0.2) is 23.3 Å². The lowest BCUT2D eigenvalue weighted by atomic mass is 9.75. The third-order valence-corrected chi connectivity index (χ3v) is 10.0. The van der Waals surface area contributed by atoms with E-state index in [4.69, 9.17) is 4.18 Å². The third kappa shape index (κ3) is 6.84. The number of hydrogen-bond donors (Lipinski definition) is 0. The lowest BCUT2D eigenvalue weighted by Crippen LogP contribution is -2.37. The van der Waals surface area contributed by atoms with Gasteiger partial charge in [0.25, 0.3) is 0 Å². The highest BCUT2D eigenvalue weighted by molar-refractivity contribution is 8.03. The van der Waals surface area contributed by atoms with Crippen LogP contribution in [0.3, 0.4) is 0 Å². The Bertz CT molecular complexity index is 1730. The molecule has 0 amide bonds. The van der Waals surface area contributed by atoms with E-state index < -0.39 is 0 Å². The monoisotopic (exact) mass is 630 g/mol. The molecular formula is C33H34N4O3S3. The summed E-state index contributed by atoms with van der Waals surface area (Å²) in [5.74, 6) is 0. The molecule has 1 aliphatic carbocycles. The molecule has 0 saturated heterocycles. The minimum atomic E-state index is 0.137. The van der Waals surface area contributed by atoms with Crippen molar-refractivity contribution in [2.75, 3.05) is 18.1 Å². The Morgan fingerprint density at radius 1 is 1.14 bits per heavy atom. The minimum absolute atomic E-state index is 0.137. The van der Waals surface area contributed by atoms with Crippen molar-refractivity contribution in [3.63, 3.8) is 0 Å². The zero-order valence-electron chi connectivity index (χ0n) is 24.7. The minimum Gasteiger partial charge on any atom is -0.723 e. The quantitative estimate of drug-likeness (QED) is 0.0828. The standard InChI is InChI=1S/C33H34N4O3S3/c1-5-37-29-18-26(43-40-32-35-34-21-41-32)7-9-30(29)42-31(37)17-24-15-23(19-33(3,4)20-24)16-25-10-11-36(12-13-39-38)28-8-6-22(2)14-27(25)28/h6-11,14-18,21H,5,12-13,19-20H2,1-4H3. The van der Waals surface area contributed by atoms with E-state index in [-0.39, 0.29) is 12.0 Å². The molecule has 6 rings (SSSR count). The predicted molar refractivity (Wildman–Crippen MR) is 174 cm³/mol. The van der Waals surface area contributed by atoms with Gasteiger partial charge in [0.2, 0.25) is 5.52 Å². The Morgan fingerprint density at radius 2 is 2.02 bits per heavy atom. The van der Waals surface area contributed by atoms with Gasteiger partial charge in [0.1, 0.15) is 5.51 Å². The Morgan fingerprint density at radius 3 is 2.81 bits per heavy atom. The number of aryl methyl sites for hydroxylation is 1. The largest absolute Gasteiger partial charge is 0.723 e. The van der Waals surface area contributed by atoms with Gasteiger partial charge < -0.3 is 19.2 Å². The van der Waals surface area contributed by atoms with Crippen LogP contribution in [0.15, 0.2) is 92.3 Å². The average molecular weight is 631 g/mol. The van der Waals surface area contributed by atoms with Crippen LogP contribution in [0.4, 0.5) is 5.69 Å². The number of fused-ring (bicyclic) bond motifs is 2. The summed E-state index contributed by atoms with van der Waals surface area (Å²) < 4.78 is 7.83. The first-order valence-electron chi connectivity index (χ1n) is 14.3. The second-order valence-corrected chi connectivity index (χ2v) is 14.3. The van der Waals surface area contributed by atoms with Gasteiger partial charge in [-0.25, -0.2) is 0 Å². The van der Waals surface area contributed by atoms with Gasteiger partial charge in [0, 0.05) is 23.6 Å². The average Bonchev–Trinajstić information content (AvgIpc) is 3.62. The van der Waals surface area contributed by atoms with Gasteiger partial charge in [-0.05, 0) is 79.2 Å². The van der Waals surface area contributed by atoms with Gasteiger partial charge >= 0.3 is 5.19 Å². The van der Waals surface area contributed by atoms with Gasteiger partial charge in [0.15, 0.2) is 12.7 Å². The van der Waals surface area contributed by atoms with E-state index in [2.05, 4.69) is 119 Å². The van der Waals surface area contributed by atoms with Crippen molar-refractivity contribution < 1.29 is 18.9 Å². The van der Waals surface area contributed by atoms with Gasteiger partial charge in [0.05, 0.1) is 39.6 Å². The Kier molecular flexibility index (Phi) is 8.93. The van der Waals surface area contributed by atoms with Crippen LogP contribution in [0.1, 0.15) is 44.7 Å². The van der Waals surface area contributed by atoms with E-state index in [1.54, 1.807) is 5.51 Å². The number of rotatable bonds is 9. The summed E-state index contributed by atoms with van der Waals surface area (Å²) in [6.45, 7) is 10.6. The molecule has 0 saturated carbocycles. The normalized spacial score (nSPS) is 18.0. The fraction of sp³-hybridized carbons (Fsp3) is 0.303. The number of anilines is 1. The van der Waals surface area contributed by atoms with Crippen LogP contribution in [0.25, 0.3) is 17.0 Å². The van der Waals surface area contributed by atoms with Crippen molar-refractivity contribution >= 4 is 57.8 Å². The number of nitrogens with zero attached hydrogens (tertiary/aromatic N) is 4.